The van der Waals surface area contributed by atoms with Gasteiger partial charge in [0.15, 0.2) is 0 Å². The minimum atomic E-state index is -0.577. The number of aliphatic hydroxyl groups excluding tert-OH is 2. The zero-order valence-corrected chi connectivity index (χ0v) is 6.18. The van der Waals surface area contributed by atoms with Crippen molar-refractivity contribution >= 4 is 7.64 Å². The van der Waals surface area contributed by atoms with Gasteiger partial charge in [-0.3, -0.25) is 0 Å². The molecule has 2 N–H and O–H groups in total. The van der Waals surface area contributed by atoms with Crippen LogP contribution in [0.15, 0.2) is 4.90 Å². The van der Waals surface area contributed by atoms with E-state index < -0.39 is 12.2 Å². The van der Waals surface area contributed by atoms with Crippen molar-refractivity contribution in [3.8, 4) is 0 Å². The Morgan fingerprint density at radius 2 is 2.36 bits per heavy atom. The van der Waals surface area contributed by atoms with Gasteiger partial charge in [-0.25, -0.2) is 0 Å². The molecule has 1 fully saturated rings. The minimum absolute atomic E-state index is 0.132. The second-order valence-electron chi connectivity index (χ2n) is 2.65. The Morgan fingerprint density at radius 1 is 1.64 bits per heavy atom. The molecule has 0 spiro atoms. The summed E-state index contributed by atoms with van der Waals surface area (Å²) in [5, 5.41) is 17.9. The number of rotatable bonds is 3. The molecule has 5 heteroatoms. The van der Waals surface area contributed by atoms with E-state index in [0.717, 1.165) is 0 Å². The van der Waals surface area contributed by atoms with E-state index in [1.807, 2.05) is 0 Å². The van der Waals surface area contributed by atoms with E-state index >= 15 is 0 Å². The summed E-state index contributed by atoms with van der Waals surface area (Å²) >= 11 is 0. The normalized spacial score (nSPS) is 37.4. The Bertz CT molecular complexity index is 144. The van der Waals surface area contributed by atoms with E-state index in [2.05, 4.69) is 4.90 Å². The Labute approximate surface area is 66.3 Å². The van der Waals surface area contributed by atoms with Gasteiger partial charge in [0.05, 0.1) is 0 Å². The van der Waals surface area contributed by atoms with Gasteiger partial charge in [0.25, 0.3) is 0 Å². The monoisotopic (exact) mass is 156 g/mol. The van der Waals surface area contributed by atoms with Crippen molar-refractivity contribution in [1.82, 2.24) is 0 Å². The average Bonchev–Trinajstić information content (AvgIpc) is 2.32. The molecule has 0 amide bonds. The van der Waals surface area contributed by atoms with Gasteiger partial charge in [0, 0.05) is 0 Å². The predicted octanol–water partition coefficient (Wildman–Crippen LogP) is -1.15. The van der Waals surface area contributed by atoms with Crippen LogP contribution in [-0.4, -0.2) is 49.3 Å². The van der Waals surface area contributed by atoms with Crippen molar-refractivity contribution < 1.29 is 14.9 Å². The molecule has 1 rings (SSSR count). The van der Waals surface area contributed by atoms with Crippen LogP contribution < -0.4 is 0 Å². The maximum absolute atomic E-state index is 9.22. The molecule has 0 aromatic heterocycles. The zero-order chi connectivity index (χ0) is 8.27. The topological polar surface area (TPSA) is 62.1 Å². The molecule has 11 heavy (non-hydrogen) atoms. The molecule has 0 saturated carbocycles. The van der Waals surface area contributed by atoms with Gasteiger partial charge in [0.2, 0.25) is 0 Å². The third kappa shape index (κ3) is 2.08. The molecule has 1 unspecified atom stereocenters. The van der Waals surface area contributed by atoms with E-state index in [-0.39, 0.29) is 12.7 Å². The molecule has 0 aliphatic carbocycles. The Morgan fingerprint density at radius 3 is 2.82 bits per heavy atom. The van der Waals surface area contributed by atoms with Crippen molar-refractivity contribution in [2.24, 2.45) is 4.90 Å². The van der Waals surface area contributed by atoms with E-state index in [0.29, 0.717) is 13.0 Å². The standard InChI is InChI=1S/C6H11BNO3/c7-8-2-4-1-5(10)6(3-9)11-4/h4-6,9-10H,1-3H2/t4-,5?,6-/m1/s1. The average molecular weight is 156 g/mol. The van der Waals surface area contributed by atoms with Crippen LogP contribution in [0.5, 0.6) is 0 Å². The first-order chi connectivity index (χ1) is 5.27. The quantitative estimate of drug-likeness (QED) is 0.507. The predicted molar refractivity (Wildman–Crippen MR) is 39.4 cm³/mol. The number of hydrogen-bond donors (Lipinski definition) is 2. The molecular formula is C6H11BNO3. The zero-order valence-electron chi connectivity index (χ0n) is 6.18. The summed E-state index contributed by atoms with van der Waals surface area (Å²) < 4.78 is 5.19. The molecule has 1 aliphatic heterocycles. The maximum atomic E-state index is 9.22. The van der Waals surface area contributed by atoms with Crippen LogP contribution in [0.25, 0.3) is 0 Å². The second kappa shape index (κ2) is 3.94. The van der Waals surface area contributed by atoms with Crippen LogP contribution in [0.4, 0.5) is 0 Å². The molecule has 1 saturated heterocycles. The van der Waals surface area contributed by atoms with Crippen LogP contribution in [0.1, 0.15) is 6.42 Å². The summed E-state index contributed by atoms with van der Waals surface area (Å²) in [6, 6.07) is 0. The molecule has 1 heterocycles. The molecule has 1 radical (unpaired) electrons. The first-order valence-electron chi connectivity index (χ1n) is 3.59. The van der Waals surface area contributed by atoms with Gasteiger partial charge in [0.1, 0.15) is 0 Å². The third-order valence-corrected chi connectivity index (χ3v) is 1.79. The summed E-state index contributed by atoms with van der Waals surface area (Å²) in [4.78, 5) is 3.40. The molecular weight excluding hydrogens is 145 g/mol. The van der Waals surface area contributed by atoms with E-state index in [1.54, 1.807) is 0 Å². The summed E-state index contributed by atoms with van der Waals surface area (Å²) in [6.45, 7) is 0.232. The van der Waals surface area contributed by atoms with Crippen LogP contribution >= 0.6 is 0 Å². The fraction of sp³-hybridized carbons (Fsp3) is 1.00. The summed E-state index contributed by atoms with van der Waals surface area (Å²) in [5.41, 5.74) is 0. The first-order valence-corrected chi connectivity index (χ1v) is 3.59. The summed E-state index contributed by atoms with van der Waals surface area (Å²) in [5.74, 6) is 0. The number of nitrogens with zero attached hydrogens (tertiary/aromatic N) is 1. The molecule has 4 nitrogen and oxygen atoms in total. The molecule has 0 bridgehead atoms. The summed E-state index contributed by atoms with van der Waals surface area (Å²) in [7, 11) is 4.94. The summed E-state index contributed by atoms with van der Waals surface area (Å²) in [6.07, 6.45) is -0.660. The fourth-order valence-electron chi connectivity index (χ4n) is 1.21. The van der Waals surface area contributed by atoms with Gasteiger partial charge < -0.3 is 0 Å². The van der Waals surface area contributed by atoms with E-state index in [1.165, 1.54) is 0 Å². The van der Waals surface area contributed by atoms with Crippen molar-refractivity contribution in [1.29, 1.82) is 0 Å². The Hall–Kier alpha value is -0.255. The van der Waals surface area contributed by atoms with Crippen molar-refractivity contribution in [3.63, 3.8) is 0 Å². The van der Waals surface area contributed by atoms with E-state index in [4.69, 9.17) is 17.5 Å². The van der Waals surface area contributed by atoms with Crippen LogP contribution in [0, 0.1) is 0 Å². The molecule has 0 aromatic rings. The van der Waals surface area contributed by atoms with Gasteiger partial charge >= 0.3 is 65.4 Å². The van der Waals surface area contributed by atoms with Crippen LogP contribution in [0.3, 0.4) is 0 Å². The molecule has 1 aliphatic rings. The SMILES string of the molecule is [B]=NC[C@H]1CC(O)[C@@H](CO)O1. The van der Waals surface area contributed by atoms with Gasteiger partial charge in [-0.2, -0.15) is 0 Å². The van der Waals surface area contributed by atoms with Gasteiger partial charge in [-0.15, -0.1) is 0 Å². The van der Waals surface area contributed by atoms with Crippen molar-refractivity contribution in [2.75, 3.05) is 13.2 Å². The van der Waals surface area contributed by atoms with E-state index in [9.17, 15) is 5.11 Å². The number of hydrogen-bond acceptors (Lipinski definition) is 4. The number of aliphatic hydroxyl groups is 2. The first kappa shape index (κ1) is 8.84. The van der Waals surface area contributed by atoms with Crippen LogP contribution in [-0.2, 0) is 4.74 Å². The molecule has 61 valence electrons. The fourth-order valence-corrected chi connectivity index (χ4v) is 1.21. The third-order valence-electron chi connectivity index (χ3n) is 1.79. The van der Waals surface area contributed by atoms with Gasteiger partial charge in [-0.1, -0.05) is 0 Å². The number of ether oxygens (including phenoxy) is 1. The Kier molecular flexibility index (Phi) is 3.17. The van der Waals surface area contributed by atoms with Crippen LogP contribution in [0.2, 0.25) is 0 Å². The second-order valence-corrected chi connectivity index (χ2v) is 2.65. The van der Waals surface area contributed by atoms with Gasteiger partial charge in [-0.05, 0) is 0 Å². The Balaban J connectivity index is 2.36. The van der Waals surface area contributed by atoms with Crippen molar-refractivity contribution in [3.05, 3.63) is 0 Å². The van der Waals surface area contributed by atoms with Crippen molar-refractivity contribution in [2.45, 2.75) is 24.7 Å². The molecule has 3 atom stereocenters. The molecule has 0 aromatic carbocycles.